The quantitative estimate of drug-likeness (QED) is 0.668. The summed E-state index contributed by atoms with van der Waals surface area (Å²) < 4.78 is 6.16. The number of nitrogens with zero attached hydrogens (tertiary/aromatic N) is 2. The van der Waals surface area contributed by atoms with Gasteiger partial charge in [0, 0.05) is 23.5 Å². The monoisotopic (exact) mass is 317 g/mol. The first-order valence-corrected chi connectivity index (χ1v) is 6.70. The minimum Gasteiger partial charge on any atom is -0.490 e. The van der Waals surface area contributed by atoms with Crippen molar-refractivity contribution in [2.75, 3.05) is 12.4 Å². The zero-order valence-electron chi connectivity index (χ0n) is 12.6. The minimum atomic E-state index is -0.598. The van der Waals surface area contributed by atoms with Crippen molar-refractivity contribution in [3.63, 3.8) is 0 Å². The van der Waals surface area contributed by atoms with Gasteiger partial charge in [0.15, 0.2) is 5.75 Å². The van der Waals surface area contributed by atoms with Crippen LogP contribution < -0.4 is 15.6 Å². The van der Waals surface area contributed by atoms with Crippen LogP contribution in [0.4, 0.5) is 11.4 Å². The van der Waals surface area contributed by atoms with Gasteiger partial charge in [0.05, 0.1) is 12.0 Å². The number of benzene rings is 1. The number of aryl methyl sites for hydroxylation is 1. The van der Waals surface area contributed by atoms with Crippen LogP contribution >= 0.6 is 0 Å². The molecule has 0 aliphatic rings. The number of hydrogen-bond acceptors (Lipinski definition) is 5. The minimum absolute atomic E-state index is 0.0999. The number of ether oxygens (including phenoxy) is 1. The third-order valence-electron chi connectivity index (χ3n) is 3.18. The number of nitro groups is 1. The number of anilines is 1. The van der Waals surface area contributed by atoms with Crippen LogP contribution in [0.3, 0.4) is 0 Å². The summed E-state index contributed by atoms with van der Waals surface area (Å²) in [7, 11) is 1.32. The molecule has 0 saturated carbocycles. The average molecular weight is 317 g/mol. The van der Waals surface area contributed by atoms with E-state index in [-0.39, 0.29) is 29.2 Å². The lowest BCUT2D eigenvalue weighted by atomic mass is 10.2. The Bertz CT molecular complexity index is 813. The summed E-state index contributed by atoms with van der Waals surface area (Å²) in [6, 6.07) is 7.41. The highest BCUT2D eigenvalue weighted by molar-refractivity contribution is 5.91. The van der Waals surface area contributed by atoms with Gasteiger partial charge in [-0.1, -0.05) is 6.07 Å². The van der Waals surface area contributed by atoms with E-state index in [4.69, 9.17) is 4.74 Å². The van der Waals surface area contributed by atoms with Gasteiger partial charge in [0.25, 0.3) is 5.56 Å². The highest BCUT2D eigenvalue weighted by Gasteiger charge is 2.16. The van der Waals surface area contributed by atoms with E-state index in [9.17, 15) is 19.7 Å². The van der Waals surface area contributed by atoms with Crippen LogP contribution in [-0.4, -0.2) is 22.5 Å². The molecule has 1 N–H and O–H groups in total. The van der Waals surface area contributed by atoms with Gasteiger partial charge in [0.2, 0.25) is 5.91 Å². The normalized spacial score (nSPS) is 10.2. The van der Waals surface area contributed by atoms with Crippen molar-refractivity contribution in [2.24, 2.45) is 0 Å². The number of pyridine rings is 1. The summed E-state index contributed by atoms with van der Waals surface area (Å²) in [6.45, 7) is 1.48. The molecule has 0 unspecified atom stereocenters. The van der Waals surface area contributed by atoms with Gasteiger partial charge in [-0.15, -0.1) is 0 Å². The van der Waals surface area contributed by atoms with Gasteiger partial charge in [-0.25, -0.2) is 0 Å². The maximum atomic E-state index is 12.0. The Morgan fingerprint density at radius 1 is 1.39 bits per heavy atom. The molecule has 1 aromatic heterocycles. The molecule has 120 valence electrons. The number of nitro benzene ring substituents is 1. The molecule has 2 rings (SSSR count). The number of hydrogen-bond donors (Lipinski definition) is 1. The lowest BCUT2D eigenvalue weighted by Gasteiger charge is -2.09. The fourth-order valence-electron chi connectivity index (χ4n) is 2.05. The molecule has 0 radical (unpaired) electrons. The van der Waals surface area contributed by atoms with Crippen LogP contribution in [0.5, 0.6) is 5.75 Å². The fourth-order valence-corrected chi connectivity index (χ4v) is 2.05. The van der Waals surface area contributed by atoms with Gasteiger partial charge < -0.3 is 14.6 Å². The van der Waals surface area contributed by atoms with E-state index in [0.717, 1.165) is 0 Å². The molecule has 8 heteroatoms. The van der Waals surface area contributed by atoms with Crippen molar-refractivity contribution in [1.29, 1.82) is 0 Å². The second kappa shape index (κ2) is 6.73. The number of nitrogens with one attached hydrogen (secondary N) is 1. The van der Waals surface area contributed by atoms with E-state index in [1.807, 2.05) is 0 Å². The molecule has 1 heterocycles. The molecule has 1 amide bonds. The Labute approximate surface area is 131 Å². The molecule has 8 nitrogen and oxygen atoms in total. The third kappa shape index (κ3) is 3.73. The van der Waals surface area contributed by atoms with Crippen LogP contribution in [0.1, 0.15) is 5.56 Å². The molecule has 0 aliphatic heterocycles. The van der Waals surface area contributed by atoms with Crippen molar-refractivity contribution in [3.05, 3.63) is 62.6 Å². The first-order chi connectivity index (χ1) is 10.9. The molecule has 0 atom stereocenters. The molecular weight excluding hydrogens is 302 g/mol. The van der Waals surface area contributed by atoms with Crippen LogP contribution in [0.25, 0.3) is 0 Å². The van der Waals surface area contributed by atoms with Crippen molar-refractivity contribution in [3.8, 4) is 5.75 Å². The van der Waals surface area contributed by atoms with E-state index >= 15 is 0 Å². The highest BCUT2D eigenvalue weighted by atomic mass is 16.6. The number of carbonyl (C=O) groups excluding carboxylic acids is 1. The van der Waals surface area contributed by atoms with Crippen molar-refractivity contribution >= 4 is 17.3 Å². The smallest absolute Gasteiger partial charge is 0.312 e. The van der Waals surface area contributed by atoms with Crippen LogP contribution in [-0.2, 0) is 11.3 Å². The summed E-state index contributed by atoms with van der Waals surface area (Å²) in [4.78, 5) is 34.2. The molecule has 2 aromatic rings. The molecule has 1 aromatic carbocycles. The molecular formula is C15H15N3O5. The SMILES string of the molecule is COc1ccc(NC(=O)Cn2cccc(C)c2=O)cc1[N+](=O)[O-]. The lowest BCUT2D eigenvalue weighted by molar-refractivity contribution is -0.385. The highest BCUT2D eigenvalue weighted by Crippen LogP contribution is 2.29. The van der Waals surface area contributed by atoms with Crippen LogP contribution in [0, 0.1) is 17.0 Å². The first kappa shape index (κ1) is 16.2. The van der Waals surface area contributed by atoms with Crippen molar-refractivity contribution < 1.29 is 14.5 Å². The van der Waals surface area contributed by atoms with Gasteiger partial charge in [-0.3, -0.25) is 19.7 Å². The van der Waals surface area contributed by atoms with E-state index < -0.39 is 10.8 Å². The zero-order chi connectivity index (χ0) is 17.0. The van der Waals surface area contributed by atoms with Gasteiger partial charge in [-0.05, 0) is 25.1 Å². The van der Waals surface area contributed by atoms with Crippen LogP contribution in [0.15, 0.2) is 41.3 Å². The summed E-state index contributed by atoms with van der Waals surface area (Å²) >= 11 is 0. The second-order valence-corrected chi connectivity index (χ2v) is 4.82. The number of carbonyl (C=O) groups is 1. The first-order valence-electron chi connectivity index (χ1n) is 6.70. The predicted octanol–water partition coefficient (Wildman–Crippen LogP) is 1.71. The Morgan fingerprint density at radius 3 is 2.78 bits per heavy atom. The molecule has 23 heavy (non-hydrogen) atoms. The van der Waals surface area contributed by atoms with Crippen molar-refractivity contribution in [1.82, 2.24) is 4.57 Å². The standard InChI is InChI=1S/C15H15N3O5/c1-10-4-3-7-17(15(10)20)9-14(19)16-11-5-6-13(23-2)12(8-11)18(21)22/h3-8H,9H2,1-2H3,(H,16,19). The molecule has 0 spiro atoms. The van der Waals surface area contributed by atoms with E-state index in [0.29, 0.717) is 5.56 Å². The van der Waals surface area contributed by atoms with Gasteiger partial charge >= 0.3 is 5.69 Å². The Balaban J connectivity index is 2.17. The Kier molecular flexibility index (Phi) is 4.75. The van der Waals surface area contributed by atoms with E-state index in [1.165, 1.54) is 36.1 Å². The summed E-state index contributed by atoms with van der Waals surface area (Å²) in [5.41, 5.74) is 0.268. The zero-order valence-corrected chi connectivity index (χ0v) is 12.6. The third-order valence-corrected chi connectivity index (χ3v) is 3.18. The molecule has 0 fully saturated rings. The van der Waals surface area contributed by atoms with Crippen molar-refractivity contribution in [2.45, 2.75) is 13.5 Å². The van der Waals surface area contributed by atoms with Gasteiger partial charge in [0.1, 0.15) is 6.54 Å². The topological polar surface area (TPSA) is 103 Å². The average Bonchev–Trinajstić information content (AvgIpc) is 2.51. The summed E-state index contributed by atoms with van der Waals surface area (Å²) in [6.07, 6.45) is 1.51. The lowest BCUT2D eigenvalue weighted by Crippen LogP contribution is -2.28. The number of rotatable bonds is 5. The van der Waals surface area contributed by atoms with E-state index in [1.54, 1.807) is 19.1 Å². The summed E-state index contributed by atoms with van der Waals surface area (Å²) in [5.74, 6) is -0.361. The number of aromatic nitrogens is 1. The Hall–Kier alpha value is -3.16. The summed E-state index contributed by atoms with van der Waals surface area (Å²) in [5, 5.41) is 13.5. The molecule has 0 bridgehead atoms. The van der Waals surface area contributed by atoms with E-state index in [2.05, 4.69) is 5.32 Å². The Morgan fingerprint density at radius 2 is 2.13 bits per heavy atom. The number of amides is 1. The maximum absolute atomic E-state index is 12.0. The van der Waals surface area contributed by atoms with Crippen LogP contribution in [0.2, 0.25) is 0 Å². The fraction of sp³-hybridized carbons (Fsp3) is 0.200. The molecule has 0 saturated heterocycles. The maximum Gasteiger partial charge on any atom is 0.312 e. The number of methoxy groups -OCH3 is 1. The molecule has 0 aliphatic carbocycles. The predicted molar refractivity (Wildman–Crippen MR) is 83.7 cm³/mol. The van der Waals surface area contributed by atoms with Gasteiger partial charge in [-0.2, -0.15) is 0 Å². The second-order valence-electron chi connectivity index (χ2n) is 4.82. The largest absolute Gasteiger partial charge is 0.490 e.